The van der Waals surface area contributed by atoms with Crippen LogP contribution in [0.15, 0.2) is 53.1 Å². The summed E-state index contributed by atoms with van der Waals surface area (Å²) in [6.45, 7) is 4.08. The number of benzene rings is 2. The lowest BCUT2D eigenvalue weighted by Crippen LogP contribution is -2.14. The van der Waals surface area contributed by atoms with E-state index < -0.39 is 0 Å². The largest absolute Gasteiger partial charge is 0.339 e. The van der Waals surface area contributed by atoms with E-state index in [4.69, 9.17) is 4.52 Å². The normalized spacial score (nSPS) is 10.6. The van der Waals surface area contributed by atoms with Crippen LogP contribution in [0.1, 0.15) is 30.4 Å². The Bertz CT molecular complexity index is 856. The van der Waals surface area contributed by atoms with E-state index >= 15 is 0 Å². The molecule has 0 saturated carbocycles. The highest BCUT2D eigenvalue weighted by Gasteiger charge is 2.12. The van der Waals surface area contributed by atoms with Crippen LogP contribution in [0.3, 0.4) is 0 Å². The number of nitrogens with zero attached hydrogens (tertiary/aromatic N) is 2. The van der Waals surface area contributed by atoms with Crippen LogP contribution in [0, 0.1) is 6.92 Å². The van der Waals surface area contributed by atoms with Crippen molar-refractivity contribution in [2.45, 2.75) is 33.1 Å². The molecule has 5 nitrogen and oxygen atoms in total. The molecule has 0 aliphatic carbocycles. The highest BCUT2D eigenvalue weighted by atomic mass is 16.5. The molecule has 5 heteroatoms. The van der Waals surface area contributed by atoms with Gasteiger partial charge in [-0.2, -0.15) is 4.98 Å². The van der Waals surface area contributed by atoms with E-state index in [1.807, 2.05) is 55.5 Å². The first-order valence-electron chi connectivity index (χ1n) is 8.43. The second-order valence-electron chi connectivity index (χ2n) is 5.89. The van der Waals surface area contributed by atoms with E-state index in [2.05, 4.69) is 22.4 Å². The molecule has 0 aliphatic heterocycles. The number of nitrogens with one attached hydrogen (secondary N) is 1. The van der Waals surface area contributed by atoms with E-state index in [0.29, 0.717) is 24.6 Å². The first kappa shape index (κ1) is 16.9. The summed E-state index contributed by atoms with van der Waals surface area (Å²) in [5.41, 5.74) is 4.01. The number of hydrogen-bond donors (Lipinski definition) is 1. The molecular weight excluding hydrogens is 314 g/mol. The summed E-state index contributed by atoms with van der Waals surface area (Å²) in [6, 6.07) is 15.7. The van der Waals surface area contributed by atoms with Gasteiger partial charge >= 0.3 is 0 Å². The third-order valence-electron chi connectivity index (χ3n) is 4.07. The van der Waals surface area contributed by atoms with Crippen LogP contribution in [-0.4, -0.2) is 16.0 Å². The first-order valence-corrected chi connectivity index (χ1v) is 8.43. The molecule has 3 rings (SSSR count). The van der Waals surface area contributed by atoms with Crippen molar-refractivity contribution in [1.29, 1.82) is 0 Å². The molecule has 0 bridgehead atoms. The summed E-state index contributed by atoms with van der Waals surface area (Å²) in [4.78, 5) is 16.6. The zero-order valence-corrected chi connectivity index (χ0v) is 14.5. The molecule has 1 amide bonds. The van der Waals surface area contributed by atoms with Crippen molar-refractivity contribution in [1.82, 2.24) is 10.1 Å². The van der Waals surface area contributed by atoms with Gasteiger partial charge in [-0.1, -0.05) is 60.6 Å². The fourth-order valence-corrected chi connectivity index (χ4v) is 2.69. The SMILES string of the molecule is CCc1cccc(C)c1NC(=O)CCc1nc(-c2ccccc2)no1. The Morgan fingerprint density at radius 1 is 1.12 bits per heavy atom. The lowest BCUT2D eigenvalue weighted by atomic mass is 10.1. The van der Waals surface area contributed by atoms with Crippen LogP contribution < -0.4 is 5.32 Å². The van der Waals surface area contributed by atoms with Gasteiger partial charge in [-0.15, -0.1) is 0 Å². The molecule has 2 aromatic carbocycles. The van der Waals surface area contributed by atoms with Crippen molar-refractivity contribution >= 4 is 11.6 Å². The van der Waals surface area contributed by atoms with Gasteiger partial charge in [0.1, 0.15) is 0 Å². The molecule has 0 spiro atoms. The minimum absolute atomic E-state index is 0.0524. The molecule has 0 fully saturated rings. The van der Waals surface area contributed by atoms with Gasteiger partial charge in [0, 0.05) is 24.1 Å². The third kappa shape index (κ3) is 4.12. The van der Waals surface area contributed by atoms with Gasteiger partial charge in [0.15, 0.2) is 0 Å². The molecular formula is C20H21N3O2. The van der Waals surface area contributed by atoms with Crippen LogP contribution in [0.2, 0.25) is 0 Å². The molecule has 1 aromatic heterocycles. The molecule has 1 heterocycles. The van der Waals surface area contributed by atoms with E-state index in [1.165, 1.54) is 0 Å². The van der Waals surface area contributed by atoms with Gasteiger partial charge in [0.2, 0.25) is 17.6 Å². The average Bonchev–Trinajstić information content (AvgIpc) is 3.11. The Hall–Kier alpha value is -2.95. The predicted molar refractivity (Wildman–Crippen MR) is 97.2 cm³/mol. The zero-order valence-electron chi connectivity index (χ0n) is 14.5. The monoisotopic (exact) mass is 335 g/mol. The second kappa shape index (κ2) is 7.75. The Labute approximate surface area is 147 Å². The maximum atomic E-state index is 12.3. The number of para-hydroxylation sites is 1. The fourth-order valence-electron chi connectivity index (χ4n) is 2.69. The lowest BCUT2D eigenvalue weighted by molar-refractivity contribution is -0.116. The van der Waals surface area contributed by atoms with Crippen molar-refractivity contribution in [3.63, 3.8) is 0 Å². The highest BCUT2D eigenvalue weighted by molar-refractivity contribution is 5.92. The number of carbonyl (C=O) groups excluding carboxylic acids is 1. The number of amides is 1. The molecule has 128 valence electrons. The molecule has 0 radical (unpaired) electrons. The molecule has 1 N–H and O–H groups in total. The van der Waals surface area contributed by atoms with Crippen molar-refractivity contribution in [3.05, 3.63) is 65.5 Å². The molecule has 25 heavy (non-hydrogen) atoms. The summed E-state index contributed by atoms with van der Waals surface area (Å²) in [6.07, 6.45) is 1.59. The minimum atomic E-state index is -0.0524. The minimum Gasteiger partial charge on any atom is -0.339 e. The third-order valence-corrected chi connectivity index (χ3v) is 4.07. The number of hydrogen-bond acceptors (Lipinski definition) is 4. The van der Waals surface area contributed by atoms with Gasteiger partial charge in [0.25, 0.3) is 0 Å². The Balaban J connectivity index is 1.61. The smallest absolute Gasteiger partial charge is 0.227 e. The van der Waals surface area contributed by atoms with Gasteiger partial charge in [-0.25, -0.2) is 0 Å². The van der Waals surface area contributed by atoms with Crippen molar-refractivity contribution < 1.29 is 9.32 Å². The Morgan fingerprint density at radius 2 is 1.92 bits per heavy atom. The number of aryl methyl sites for hydroxylation is 3. The van der Waals surface area contributed by atoms with Crippen LogP contribution >= 0.6 is 0 Å². The molecule has 0 saturated heterocycles. The van der Waals surface area contributed by atoms with E-state index in [9.17, 15) is 4.79 Å². The maximum absolute atomic E-state index is 12.3. The Morgan fingerprint density at radius 3 is 2.68 bits per heavy atom. The topological polar surface area (TPSA) is 68.0 Å². The van der Waals surface area contributed by atoms with Crippen LogP contribution in [0.5, 0.6) is 0 Å². The van der Waals surface area contributed by atoms with Gasteiger partial charge in [-0.3, -0.25) is 4.79 Å². The highest BCUT2D eigenvalue weighted by Crippen LogP contribution is 2.21. The van der Waals surface area contributed by atoms with Gasteiger partial charge in [0.05, 0.1) is 0 Å². The van der Waals surface area contributed by atoms with Crippen molar-refractivity contribution in [2.24, 2.45) is 0 Å². The number of rotatable bonds is 6. The summed E-state index contributed by atoms with van der Waals surface area (Å²) in [5, 5.41) is 6.98. The number of anilines is 1. The zero-order chi connectivity index (χ0) is 17.6. The van der Waals surface area contributed by atoms with Crippen LogP contribution in [0.25, 0.3) is 11.4 Å². The quantitative estimate of drug-likeness (QED) is 0.734. The first-order chi connectivity index (χ1) is 12.2. The molecule has 3 aromatic rings. The molecule has 0 unspecified atom stereocenters. The summed E-state index contributed by atoms with van der Waals surface area (Å²) < 4.78 is 5.25. The van der Waals surface area contributed by atoms with Crippen LogP contribution in [0.4, 0.5) is 5.69 Å². The summed E-state index contributed by atoms with van der Waals surface area (Å²) in [5.74, 6) is 0.959. The van der Waals surface area contributed by atoms with Gasteiger partial charge < -0.3 is 9.84 Å². The van der Waals surface area contributed by atoms with Crippen molar-refractivity contribution in [3.8, 4) is 11.4 Å². The van der Waals surface area contributed by atoms with E-state index in [-0.39, 0.29) is 5.91 Å². The van der Waals surface area contributed by atoms with Crippen molar-refractivity contribution in [2.75, 3.05) is 5.32 Å². The maximum Gasteiger partial charge on any atom is 0.227 e. The molecule has 0 aliphatic rings. The van der Waals surface area contributed by atoms with Gasteiger partial charge in [-0.05, 0) is 24.5 Å². The Kier molecular flexibility index (Phi) is 5.23. The molecule has 0 atom stereocenters. The second-order valence-corrected chi connectivity index (χ2v) is 5.89. The predicted octanol–water partition coefficient (Wildman–Crippen LogP) is 4.18. The van der Waals surface area contributed by atoms with Crippen LogP contribution in [-0.2, 0) is 17.6 Å². The standard InChI is InChI=1S/C20H21N3O2/c1-3-15-11-7-8-14(2)19(15)21-17(24)12-13-18-22-20(23-25-18)16-9-5-4-6-10-16/h4-11H,3,12-13H2,1-2H3,(H,21,24). The van der Waals surface area contributed by atoms with E-state index in [1.54, 1.807) is 0 Å². The fraction of sp³-hybridized carbons (Fsp3) is 0.250. The number of aromatic nitrogens is 2. The lowest BCUT2D eigenvalue weighted by Gasteiger charge is -2.12. The summed E-state index contributed by atoms with van der Waals surface area (Å²) in [7, 11) is 0. The average molecular weight is 335 g/mol. The number of carbonyl (C=O) groups is 1. The van der Waals surface area contributed by atoms with E-state index in [0.717, 1.165) is 28.8 Å². The summed E-state index contributed by atoms with van der Waals surface area (Å²) >= 11 is 0.